The van der Waals surface area contributed by atoms with Crippen LogP contribution in [0, 0.1) is 0 Å². The van der Waals surface area contributed by atoms with E-state index >= 15 is 0 Å². The smallest absolute Gasteiger partial charge is 0.359 e. The van der Waals surface area contributed by atoms with Crippen LogP contribution in [0.4, 0.5) is 5.69 Å². The Morgan fingerprint density at radius 1 is 1.35 bits per heavy atom. The van der Waals surface area contributed by atoms with E-state index < -0.39 is 11.6 Å². The number of nitrogen functional groups attached to an aromatic ring is 1. The SMILES string of the molecule is CCCc1c(N)c(=O)oc2cc(C(=O)OCC)ccc12. The lowest BCUT2D eigenvalue weighted by Crippen LogP contribution is -2.11. The number of hydrogen-bond donors (Lipinski definition) is 1. The van der Waals surface area contributed by atoms with Crippen molar-refractivity contribution in [1.82, 2.24) is 0 Å². The first-order chi connectivity index (χ1) is 9.58. The van der Waals surface area contributed by atoms with E-state index in [1.807, 2.05) is 6.92 Å². The molecule has 106 valence electrons. The average molecular weight is 275 g/mol. The van der Waals surface area contributed by atoms with Gasteiger partial charge >= 0.3 is 11.6 Å². The van der Waals surface area contributed by atoms with Crippen LogP contribution in [0.5, 0.6) is 0 Å². The number of hydrogen-bond acceptors (Lipinski definition) is 5. The van der Waals surface area contributed by atoms with Crippen LogP contribution in [0.15, 0.2) is 27.4 Å². The largest absolute Gasteiger partial charge is 0.462 e. The van der Waals surface area contributed by atoms with E-state index in [9.17, 15) is 9.59 Å². The van der Waals surface area contributed by atoms with Crippen molar-refractivity contribution in [2.24, 2.45) is 0 Å². The van der Waals surface area contributed by atoms with E-state index in [2.05, 4.69) is 0 Å². The summed E-state index contributed by atoms with van der Waals surface area (Å²) < 4.78 is 10.1. The van der Waals surface area contributed by atoms with Crippen LogP contribution in [0.1, 0.15) is 36.2 Å². The number of fused-ring (bicyclic) bond motifs is 1. The van der Waals surface area contributed by atoms with Gasteiger partial charge in [0.05, 0.1) is 12.2 Å². The molecule has 0 saturated heterocycles. The summed E-state index contributed by atoms with van der Waals surface area (Å²) in [4.78, 5) is 23.4. The third-order valence-corrected chi connectivity index (χ3v) is 3.07. The van der Waals surface area contributed by atoms with E-state index in [1.54, 1.807) is 19.1 Å². The molecule has 0 aliphatic carbocycles. The zero-order chi connectivity index (χ0) is 14.7. The molecule has 0 aliphatic heterocycles. The normalized spacial score (nSPS) is 10.7. The molecule has 0 unspecified atom stereocenters. The van der Waals surface area contributed by atoms with Gasteiger partial charge in [0.25, 0.3) is 0 Å². The molecule has 0 radical (unpaired) electrons. The van der Waals surface area contributed by atoms with Crippen molar-refractivity contribution in [1.29, 1.82) is 0 Å². The summed E-state index contributed by atoms with van der Waals surface area (Å²) in [5.74, 6) is -0.439. The topological polar surface area (TPSA) is 82.5 Å². The molecule has 5 nitrogen and oxygen atoms in total. The van der Waals surface area contributed by atoms with Crippen LogP contribution < -0.4 is 11.4 Å². The quantitative estimate of drug-likeness (QED) is 0.684. The molecular weight excluding hydrogens is 258 g/mol. The molecular formula is C15H17NO4. The third kappa shape index (κ3) is 2.52. The predicted octanol–water partition coefficient (Wildman–Crippen LogP) is 2.50. The van der Waals surface area contributed by atoms with Crippen molar-refractivity contribution in [2.45, 2.75) is 26.7 Å². The van der Waals surface area contributed by atoms with Crippen molar-refractivity contribution in [3.8, 4) is 0 Å². The number of carbonyl (C=O) groups is 1. The highest BCUT2D eigenvalue weighted by molar-refractivity contribution is 5.95. The van der Waals surface area contributed by atoms with E-state index in [4.69, 9.17) is 14.9 Å². The minimum atomic E-state index is -0.568. The van der Waals surface area contributed by atoms with Crippen LogP contribution in [0.3, 0.4) is 0 Å². The maximum absolute atomic E-state index is 11.7. The van der Waals surface area contributed by atoms with Gasteiger partial charge in [-0.3, -0.25) is 0 Å². The summed E-state index contributed by atoms with van der Waals surface area (Å²) in [5, 5.41) is 0.761. The molecule has 0 spiro atoms. The van der Waals surface area contributed by atoms with Crippen LogP contribution in [-0.2, 0) is 11.2 Å². The highest BCUT2D eigenvalue weighted by atomic mass is 16.5. The van der Waals surface area contributed by atoms with Crippen molar-refractivity contribution in [2.75, 3.05) is 12.3 Å². The average Bonchev–Trinajstić information content (AvgIpc) is 2.43. The standard InChI is InChI=1S/C15H17NO4/c1-3-5-11-10-7-6-9(14(17)19-4-2)8-12(10)20-15(18)13(11)16/h6-8H,3-5,16H2,1-2H3. The van der Waals surface area contributed by atoms with Gasteiger partial charge in [-0.2, -0.15) is 0 Å². The number of benzene rings is 1. The Bertz CT molecular complexity index is 703. The Morgan fingerprint density at radius 3 is 2.75 bits per heavy atom. The van der Waals surface area contributed by atoms with Crippen LogP contribution in [0.2, 0.25) is 0 Å². The molecule has 0 amide bonds. The second-order valence-electron chi connectivity index (χ2n) is 4.46. The molecule has 5 heteroatoms. The molecule has 0 saturated carbocycles. The maximum Gasteiger partial charge on any atom is 0.359 e. The van der Waals surface area contributed by atoms with E-state index in [1.165, 1.54) is 6.07 Å². The molecule has 0 bridgehead atoms. The minimum absolute atomic E-state index is 0.142. The van der Waals surface area contributed by atoms with E-state index in [0.717, 1.165) is 17.4 Å². The fourth-order valence-electron chi connectivity index (χ4n) is 2.14. The van der Waals surface area contributed by atoms with Gasteiger partial charge in [-0.15, -0.1) is 0 Å². The van der Waals surface area contributed by atoms with Crippen LogP contribution in [-0.4, -0.2) is 12.6 Å². The van der Waals surface area contributed by atoms with Crippen LogP contribution in [0.25, 0.3) is 11.0 Å². The van der Waals surface area contributed by atoms with Crippen molar-refractivity contribution in [3.63, 3.8) is 0 Å². The van der Waals surface area contributed by atoms with Gasteiger partial charge in [-0.1, -0.05) is 19.4 Å². The van der Waals surface area contributed by atoms with Gasteiger partial charge in [0.1, 0.15) is 11.3 Å². The lowest BCUT2D eigenvalue weighted by Gasteiger charge is -2.08. The number of esters is 1. The second kappa shape index (κ2) is 5.77. The van der Waals surface area contributed by atoms with E-state index in [0.29, 0.717) is 24.2 Å². The molecule has 20 heavy (non-hydrogen) atoms. The fraction of sp³-hybridized carbons (Fsp3) is 0.333. The first-order valence-corrected chi connectivity index (χ1v) is 6.60. The highest BCUT2D eigenvalue weighted by Crippen LogP contribution is 2.24. The molecule has 2 rings (SSSR count). The van der Waals surface area contributed by atoms with Gasteiger partial charge < -0.3 is 14.9 Å². The Morgan fingerprint density at radius 2 is 2.10 bits per heavy atom. The molecule has 1 aromatic carbocycles. The van der Waals surface area contributed by atoms with E-state index in [-0.39, 0.29) is 5.69 Å². The molecule has 1 aromatic heterocycles. The summed E-state index contributed by atoms with van der Waals surface area (Å²) >= 11 is 0. The van der Waals surface area contributed by atoms with Gasteiger partial charge in [0, 0.05) is 5.39 Å². The Labute approximate surface area is 116 Å². The summed E-state index contributed by atoms with van der Waals surface area (Å²) in [6, 6.07) is 4.91. The first-order valence-electron chi connectivity index (χ1n) is 6.60. The molecule has 1 heterocycles. The number of carbonyl (C=O) groups excluding carboxylic acids is 1. The van der Waals surface area contributed by atoms with Crippen molar-refractivity contribution in [3.05, 3.63) is 39.7 Å². The summed E-state index contributed by atoms with van der Waals surface area (Å²) in [7, 11) is 0. The van der Waals surface area contributed by atoms with Gasteiger partial charge in [-0.05, 0) is 31.0 Å². The second-order valence-corrected chi connectivity index (χ2v) is 4.46. The summed E-state index contributed by atoms with van der Waals surface area (Å²) in [6.45, 7) is 4.04. The van der Waals surface area contributed by atoms with Gasteiger partial charge in [-0.25, -0.2) is 9.59 Å². The Hall–Kier alpha value is -2.30. The third-order valence-electron chi connectivity index (χ3n) is 3.07. The molecule has 0 fully saturated rings. The fourth-order valence-corrected chi connectivity index (χ4v) is 2.14. The first kappa shape index (κ1) is 14.1. The van der Waals surface area contributed by atoms with Crippen molar-refractivity contribution < 1.29 is 13.9 Å². The summed E-state index contributed by atoms with van der Waals surface area (Å²) in [6.07, 6.45) is 1.55. The number of rotatable bonds is 4. The zero-order valence-electron chi connectivity index (χ0n) is 11.6. The summed E-state index contributed by atoms with van der Waals surface area (Å²) in [5.41, 5.74) is 6.84. The number of aryl methyl sites for hydroxylation is 1. The van der Waals surface area contributed by atoms with Gasteiger partial charge in [0.15, 0.2) is 0 Å². The van der Waals surface area contributed by atoms with Crippen molar-refractivity contribution >= 4 is 22.6 Å². The molecule has 0 atom stereocenters. The highest BCUT2D eigenvalue weighted by Gasteiger charge is 2.14. The lowest BCUT2D eigenvalue weighted by molar-refractivity contribution is 0.0526. The minimum Gasteiger partial charge on any atom is -0.462 e. The maximum atomic E-state index is 11.7. The molecule has 0 aliphatic rings. The zero-order valence-corrected chi connectivity index (χ0v) is 11.6. The molecule has 2 N–H and O–H groups in total. The van der Waals surface area contributed by atoms with Crippen LogP contribution >= 0.6 is 0 Å². The Balaban J connectivity index is 2.62. The Kier molecular flexibility index (Phi) is 4.08. The number of ether oxygens (including phenoxy) is 1. The lowest BCUT2D eigenvalue weighted by atomic mass is 10.0. The predicted molar refractivity (Wildman–Crippen MR) is 76.8 cm³/mol. The monoisotopic (exact) mass is 275 g/mol. The number of anilines is 1. The van der Waals surface area contributed by atoms with Gasteiger partial charge in [0.2, 0.25) is 0 Å². The molecule has 2 aromatic rings. The number of nitrogens with two attached hydrogens (primary N) is 1.